The summed E-state index contributed by atoms with van der Waals surface area (Å²) in [5, 5.41) is 3.10. The van der Waals surface area contributed by atoms with Crippen LogP contribution < -0.4 is 5.32 Å². The molecule has 15 heavy (non-hydrogen) atoms. The molecular weight excluding hydrogens is 190 g/mol. The van der Waals surface area contributed by atoms with E-state index in [0.717, 1.165) is 29.7 Å². The number of hydrogen-bond donors (Lipinski definition) is 2. The number of nitrogens with zero attached hydrogens (tertiary/aromatic N) is 1. The smallest absolute Gasteiger partial charge is 0.168 e. The third-order valence-corrected chi connectivity index (χ3v) is 2.86. The monoisotopic (exact) mass is 201 g/mol. The van der Waals surface area contributed by atoms with E-state index in [1.54, 1.807) is 6.33 Å². The Bertz CT molecular complexity index is 513. The molecular formula is C11H11N3O. The highest BCUT2D eigenvalue weighted by molar-refractivity contribution is 6.01. The summed E-state index contributed by atoms with van der Waals surface area (Å²) in [5.41, 5.74) is 2.60. The van der Waals surface area contributed by atoms with E-state index >= 15 is 0 Å². The number of aromatic nitrogens is 2. The molecule has 0 bridgehead atoms. The van der Waals surface area contributed by atoms with Crippen molar-refractivity contribution in [3.05, 3.63) is 30.1 Å². The van der Waals surface area contributed by atoms with Crippen molar-refractivity contribution in [2.24, 2.45) is 5.92 Å². The Morgan fingerprint density at radius 2 is 2.27 bits per heavy atom. The van der Waals surface area contributed by atoms with Crippen LogP contribution in [0.25, 0.3) is 11.0 Å². The minimum absolute atomic E-state index is 0.158. The number of H-pyrrole nitrogens is 1. The van der Waals surface area contributed by atoms with Gasteiger partial charge >= 0.3 is 0 Å². The number of aromatic amines is 1. The first kappa shape index (κ1) is 8.61. The van der Waals surface area contributed by atoms with Crippen LogP contribution in [0.5, 0.6) is 0 Å². The number of rotatable bonds is 2. The molecule has 4 nitrogen and oxygen atoms in total. The Balaban J connectivity index is 1.99. The minimum atomic E-state index is 0.158. The predicted molar refractivity (Wildman–Crippen MR) is 56.8 cm³/mol. The lowest BCUT2D eigenvalue weighted by molar-refractivity contribution is 0.0878. The van der Waals surface area contributed by atoms with Crippen molar-refractivity contribution < 1.29 is 4.79 Å². The Morgan fingerprint density at radius 3 is 3.00 bits per heavy atom. The SMILES string of the molecule is O=C(c1ccc2nc[nH]c2c1)C1CNC1. The fourth-order valence-electron chi connectivity index (χ4n) is 1.80. The first-order valence-electron chi connectivity index (χ1n) is 5.02. The van der Waals surface area contributed by atoms with Crippen LogP contribution in [-0.2, 0) is 0 Å². The average Bonchev–Trinajstić information content (AvgIpc) is 2.61. The number of carbonyl (C=O) groups is 1. The maximum absolute atomic E-state index is 11.9. The van der Waals surface area contributed by atoms with E-state index in [4.69, 9.17) is 0 Å². The summed E-state index contributed by atoms with van der Waals surface area (Å²) < 4.78 is 0. The summed E-state index contributed by atoms with van der Waals surface area (Å²) >= 11 is 0. The zero-order chi connectivity index (χ0) is 10.3. The highest BCUT2D eigenvalue weighted by atomic mass is 16.1. The zero-order valence-electron chi connectivity index (χ0n) is 8.16. The molecule has 3 rings (SSSR count). The van der Waals surface area contributed by atoms with Gasteiger partial charge in [0.25, 0.3) is 0 Å². The van der Waals surface area contributed by atoms with Gasteiger partial charge in [-0.15, -0.1) is 0 Å². The van der Waals surface area contributed by atoms with Gasteiger partial charge in [0.15, 0.2) is 5.78 Å². The first-order valence-corrected chi connectivity index (χ1v) is 5.02. The molecule has 0 atom stereocenters. The second kappa shape index (κ2) is 3.17. The van der Waals surface area contributed by atoms with Crippen LogP contribution >= 0.6 is 0 Å². The number of carbonyl (C=O) groups excluding carboxylic acids is 1. The van der Waals surface area contributed by atoms with Crippen LogP contribution in [0.1, 0.15) is 10.4 Å². The fourth-order valence-corrected chi connectivity index (χ4v) is 1.80. The molecule has 1 aliphatic heterocycles. The number of hydrogen-bond acceptors (Lipinski definition) is 3. The third kappa shape index (κ3) is 1.34. The zero-order valence-corrected chi connectivity index (χ0v) is 8.16. The van der Waals surface area contributed by atoms with E-state index in [9.17, 15) is 4.79 Å². The Morgan fingerprint density at radius 1 is 1.40 bits per heavy atom. The van der Waals surface area contributed by atoms with E-state index in [1.807, 2.05) is 18.2 Å². The molecule has 1 aromatic heterocycles. The number of ketones is 1. The molecule has 0 unspecified atom stereocenters. The molecule has 4 heteroatoms. The van der Waals surface area contributed by atoms with Gasteiger partial charge in [-0.05, 0) is 18.2 Å². The summed E-state index contributed by atoms with van der Waals surface area (Å²) in [4.78, 5) is 19.0. The molecule has 0 saturated carbocycles. The van der Waals surface area contributed by atoms with Crippen molar-refractivity contribution in [1.82, 2.24) is 15.3 Å². The second-order valence-electron chi connectivity index (χ2n) is 3.85. The number of imidazole rings is 1. The van der Waals surface area contributed by atoms with E-state index < -0.39 is 0 Å². The van der Waals surface area contributed by atoms with Crippen molar-refractivity contribution in [2.75, 3.05) is 13.1 Å². The van der Waals surface area contributed by atoms with Crippen molar-refractivity contribution in [3.63, 3.8) is 0 Å². The first-order chi connectivity index (χ1) is 7.34. The Labute approximate surface area is 86.7 Å². The number of Topliss-reactive ketones (excluding diaryl/α,β-unsaturated/α-hetero) is 1. The van der Waals surface area contributed by atoms with Crippen molar-refractivity contribution in [2.45, 2.75) is 0 Å². The molecule has 0 aliphatic carbocycles. The summed E-state index contributed by atoms with van der Waals surface area (Å²) in [6, 6.07) is 5.61. The fraction of sp³-hybridized carbons (Fsp3) is 0.273. The highest BCUT2D eigenvalue weighted by Gasteiger charge is 2.25. The molecule has 2 aromatic rings. The van der Waals surface area contributed by atoms with Gasteiger partial charge in [-0.2, -0.15) is 0 Å². The highest BCUT2D eigenvalue weighted by Crippen LogP contribution is 2.17. The summed E-state index contributed by atoms with van der Waals surface area (Å²) in [6.07, 6.45) is 1.64. The summed E-state index contributed by atoms with van der Waals surface area (Å²) in [7, 11) is 0. The molecule has 76 valence electrons. The van der Waals surface area contributed by atoms with Gasteiger partial charge < -0.3 is 10.3 Å². The predicted octanol–water partition coefficient (Wildman–Crippen LogP) is 0.965. The van der Waals surface area contributed by atoms with Gasteiger partial charge in [0, 0.05) is 24.6 Å². The lowest BCUT2D eigenvalue weighted by atomic mass is 9.93. The van der Waals surface area contributed by atoms with E-state index in [-0.39, 0.29) is 11.7 Å². The van der Waals surface area contributed by atoms with Crippen molar-refractivity contribution in [1.29, 1.82) is 0 Å². The molecule has 0 radical (unpaired) electrons. The number of nitrogens with one attached hydrogen (secondary N) is 2. The van der Waals surface area contributed by atoms with E-state index in [1.165, 1.54) is 0 Å². The van der Waals surface area contributed by atoms with Crippen LogP contribution in [0.15, 0.2) is 24.5 Å². The van der Waals surface area contributed by atoms with Crippen LogP contribution in [0.4, 0.5) is 0 Å². The molecule has 1 fully saturated rings. The Kier molecular flexibility index (Phi) is 1.82. The van der Waals surface area contributed by atoms with Gasteiger partial charge in [-0.1, -0.05) is 0 Å². The van der Waals surface area contributed by atoms with Crippen LogP contribution in [-0.4, -0.2) is 28.8 Å². The van der Waals surface area contributed by atoms with Crippen LogP contribution in [0, 0.1) is 5.92 Å². The average molecular weight is 201 g/mol. The van der Waals surface area contributed by atoms with Crippen LogP contribution in [0.2, 0.25) is 0 Å². The normalized spacial score (nSPS) is 16.5. The topological polar surface area (TPSA) is 57.8 Å². The lowest BCUT2D eigenvalue weighted by Crippen LogP contribution is -2.46. The second-order valence-corrected chi connectivity index (χ2v) is 3.85. The standard InChI is InChI=1S/C11H11N3O/c15-11(8-4-12-5-8)7-1-2-9-10(3-7)14-6-13-9/h1-3,6,8,12H,4-5H2,(H,13,14). The van der Waals surface area contributed by atoms with Crippen LogP contribution in [0.3, 0.4) is 0 Å². The van der Waals surface area contributed by atoms with Gasteiger partial charge in [-0.3, -0.25) is 4.79 Å². The van der Waals surface area contributed by atoms with Gasteiger partial charge in [0.2, 0.25) is 0 Å². The van der Waals surface area contributed by atoms with Gasteiger partial charge in [0.05, 0.1) is 17.4 Å². The summed E-state index contributed by atoms with van der Waals surface area (Å²) in [5.74, 6) is 0.385. The molecule has 1 saturated heterocycles. The lowest BCUT2D eigenvalue weighted by Gasteiger charge is -2.25. The maximum Gasteiger partial charge on any atom is 0.168 e. The van der Waals surface area contributed by atoms with E-state index in [0.29, 0.717) is 0 Å². The quantitative estimate of drug-likeness (QED) is 0.712. The van der Waals surface area contributed by atoms with E-state index in [2.05, 4.69) is 15.3 Å². The maximum atomic E-state index is 11.9. The molecule has 1 aliphatic rings. The number of fused-ring (bicyclic) bond motifs is 1. The van der Waals surface area contributed by atoms with Crippen molar-refractivity contribution >= 4 is 16.8 Å². The molecule has 2 heterocycles. The molecule has 0 amide bonds. The summed E-state index contributed by atoms with van der Waals surface area (Å²) in [6.45, 7) is 1.61. The molecule has 0 spiro atoms. The molecule has 2 N–H and O–H groups in total. The number of benzene rings is 1. The third-order valence-electron chi connectivity index (χ3n) is 2.86. The largest absolute Gasteiger partial charge is 0.345 e. The van der Waals surface area contributed by atoms with Crippen molar-refractivity contribution in [3.8, 4) is 0 Å². The Hall–Kier alpha value is -1.68. The van der Waals surface area contributed by atoms with Gasteiger partial charge in [0.1, 0.15) is 0 Å². The molecule has 1 aromatic carbocycles. The minimum Gasteiger partial charge on any atom is -0.345 e. The van der Waals surface area contributed by atoms with Gasteiger partial charge in [-0.25, -0.2) is 4.98 Å².